The van der Waals surface area contributed by atoms with Crippen LogP contribution in [0.5, 0.6) is 5.75 Å². The largest absolute Gasteiger partial charge is 0.496 e. The summed E-state index contributed by atoms with van der Waals surface area (Å²) in [4.78, 5) is 24.9. The van der Waals surface area contributed by atoms with Crippen LogP contribution in [-0.2, 0) is 17.7 Å². The van der Waals surface area contributed by atoms with Crippen LogP contribution >= 0.6 is 11.6 Å². The third kappa shape index (κ3) is 3.97. The van der Waals surface area contributed by atoms with E-state index < -0.39 is 17.2 Å². The number of carbonyl (C=O) groups is 1. The fourth-order valence-electron chi connectivity index (χ4n) is 3.23. The Hall–Kier alpha value is -2.90. The lowest BCUT2D eigenvalue weighted by atomic mass is 10.00. The second kappa shape index (κ2) is 8.63. The second-order valence-corrected chi connectivity index (χ2v) is 6.76. The molecule has 0 saturated carbocycles. The number of hydrogen-bond acceptors (Lipinski definition) is 5. The second-order valence-electron chi connectivity index (χ2n) is 6.35. The van der Waals surface area contributed by atoms with Crippen LogP contribution in [0.4, 0.5) is 4.39 Å². The molecule has 1 heterocycles. The zero-order valence-electron chi connectivity index (χ0n) is 15.9. The number of benzene rings is 2. The van der Waals surface area contributed by atoms with Crippen molar-refractivity contribution in [2.24, 2.45) is 0 Å². The molecule has 1 aromatic heterocycles. The summed E-state index contributed by atoms with van der Waals surface area (Å²) in [6.45, 7) is -0.0391. The normalized spacial score (nSPS) is 10.9. The predicted octanol–water partition coefficient (Wildman–Crippen LogP) is 3.17. The first-order valence-corrected chi connectivity index (χ1v) is 9.15. The summed E-state index contributed by atoms with van der Waals surface area (Å²) in [7, 11) is 2.65. The van der Waals surface area contributed by atoms with Gasteiger partial charge in [-0.2, -0.15) is 0 Å². The molecule has 1 N–H and O–H groups in total. The molecule has 0 aliphatic carbocycles. The first kappa shape index (κ1) is 20.8. The van der Waals surface area contributed by atoms with Crippen molar-refractivity contribution in [3.05, 3.63) is 74.3 Å². The standard InChI is InChI=1S/C21H19ClFNO5/c1-28-18-10-17-14(9-13(18)8-12-4-3-5-16(22)19(12)23)20(26)15(21(27)29-2)11-24(17)6-7-25/h3-5,9-11,25H,6-8H2,1-2H3. The highest BCUT2D eigenvalue weighted by Crippen LogP contribution is 2.29. The third-order valence-corrected chi connectivity index (χ3v) is 4.93. The molecule has 0 fully saturated rings. The SMILES string of the molecule is COC(=O)c1cn(CCO)c2cc(OC)c(Cc3cccc(Cl)c3F)cc2c1=O. The van der Waals surface area contributed by atoms with E-state index in [9.17, 15) is 19.1 Å². The molecule has 6 nitrogen and oxygen atoms in total. The molecular weight excluding hydrogens is 401 g/mol. The number of aliphatic hydroxyl groups is 1. The molecule has 3 rings (SSSR count). The number of nitrogens with zero attached hydrogens (tertiary/aromatic N) is 1. The van der Waals surface area contributed by atoms with Crippen molar-refractivity contribution in [2.75, 3.05) is 20.8 Å². The van der Waals surface area contributed by atoms with Gasteiger partial charge in [0.15, 0.2) is 0 Å². The van der Waals surface area contributed by atoms with Crippen LogP contribution in [0, 0.1) is 5.82 Å². The molecule has 0 unspecified atom stereocenters. The van der Waals surface area contributed by atoms with Gasteiger partial charge in [-0.1, -0.05) is 23.7 Å². The minimum Gasteiger partial charge on any atom is -0.496 e. The van der Waals surface area contributed by atoms with Crippen LogP contribution in [0.25, 0.3) is 10.9 Å². The first-order valence-electron chi connectivity index (χ1n) is 8.77. The Balaban J connectivity index is 2.26. The number of pyridine rings is 1. The van der Waals surface area contributed by atoms with E-state index in [4.69, 9.17) is 21.1 Å². The molecule has 0 radical (unpaired) electrons. The number of fused-ring (bicyclic) bond motifs is 1. The van der Waals surface area contributed by atoms with Crippen LogP contribution in [0.1, 0.15) is 21.5 Å². The Morgan fingerprint density at radius 3 is 2.66 bits per heavy atom. The van der Waals surface area contributed by atoms with Crippen LogP contribution in [-0.4, -0.2) is 36.5 Å². The fourth-order valence-corrected chi connectivity index (χ4v) is 3.42. The van der Waals surface area contributed by atoms with E-state index in [2.05, 4.69) is 0 Å². The molecule has 0 spiro atoms. The smallest absolute Gasteiger partial charge is 0.343 e. The minimum atomic E-state index is -0.776. The Bertz CT molecular complexity index is 1140. The van der Waals surface area contributed by atoms with Gasteiger partial charge in [-0.05, 0) is 23.3 Å². The highest BCUT2D eigenvalue weighted by atomic mass is 35.5. The van der Waals surface area contributed by atoms with Crippen molar-refractivity contribution in [1.29, 1.82) is 0 Å². The number of aromatic nitrogens is 1. The van der Waals surface area contributed by atoms with Crippen LogP contribution < -0.4 is 10.2 Å². The van der Waals surface area contributed by atoms with Crippen molar-refractivity contribution >= 4 is 28.5 Å². The summed E-state index contributed by atoms with van der Waals surface area (Å²) in [6, 6.07) is 7.88. The molecule has 0 aliphatic rings. The quantitative estimate of drug-likeness (QED) is 0.621. The van der Waals surface area contributed by atoms with Gasteiger partial charge in [-0.25, -0.2) is 9.18 Å². The van der Waals surface area contributed by atoms with Gasteiger partial charge >= 0.3 is 5.97 Å². The van der Waals surface area contributed by atoms with Gasteiger partial charge in [-0.3, -0.25) is 4.79 Å². The van der Waals surface area contributed by atoms with Gasteiger partial charge in [0.1, 0.15) is 17.1 Å². The minimum absolute atomic E-state index is 0.000495. The maximum Gasteiger partial charge on any atom is 0.343 e. The lowest BCUT2D eigenvalue weighted by molar-refractivity contribution is 0.0598. The molecular formula is C21H19ClFNO5. The molecule has 152 valence electrons. The molecule has 0 aliphatic heterocycles. The monoisotopic (exact) mass is 419 g/mol. The van der Waals surface area contributed by atoms with Gasteiger partial charge in [0, 0.05) is 30.6 Å². The molecule has 29 heavy (non-hydrogen) atoms. The van der Waals surface area contributed by atoms with Crippen molar-refractivity contribution < 1.29 is 23.8 Å². The zero-order chi connectivity index (χ0) is 21.1. The molecule has 3 aromatic rings. The molecule has 0 bridgehead atoms. The summed E-state index contributed by atoms with van der Waals surface area (Å²) in [5, 5.41) is 9.60. The number of hydrogen-bond donors (Lipinski definition) is 1. The highest BCUT2D eigenvalue weighted by molar-refractivity contribution is 6.30. The summed E-state index contributed by atoms with van der Waals surface area (Å²) in [5.74, 6) is -0.882. The number of esters is 1. The van der Waals surface area contributed by atoms with Gasteiger partial charge < -0.3 is 19.1 Å². The van der Waals surface area contributed by atoms with Gasteiger partial charge in [0.05, 0.1) is 31.4 Å². The van der Waals surface area contributed by atoms with Gasteiger partial charge in [-0.15, -0.1) is 0 Å². The summed E-state index contributed by atoms with van der Waals surface area (Å²) < 4.78 is 26.1. The van der Waals surface area contributed by atoms with Crippen LogP contribution in [0.15, 0.2) is 41.3 Å². The molecule has 0 atom stereocenters. The van der Waals surface area contributed by atoms with Crippen molar-refractivity contribution in [3.8, 4) is 5.75 Å². The predicted molar refractivity (Wildman–Crippen MR) is 107 cm³/mol. The van der Waals surface area contributed by atoms with Crippen molar-refractivity contribution in [2.45, 2.75) is 13.0 Å². The molecule has 0 amide bonds. The van der Waals surface area contributed by atoms with Crippen LogP contribution in [0.3, 0.4) is 0 Å². The Morgan fingerprint density at radius 1 is 1.24 bits per heavy atom. The van der Waals surface area contributed by atoms with E-state index in [0.717, 1.165) is 0 Å². The average molecular weight is 420 g/mol. The van der Waals surface area contributed by atoms with Gasteiger partial charge in [0.2, 0.25) is 5.43 Å². The molecule has 0 saturated heterocycles. The lowest BCUT2D eigenvalue weighted by Gasteiger charge is -2.16. The van der Waals surface area contributed by atoms with E-state index in [-0.39, 0.29) is 35.5 Å². The summed E-state index contributed by atoms with van der Waals surface area (Å²) in [5.41, 5.74) is 0.699. The van der Waals surface area contributed by atoms with E-state index in [0.29, 0.717) is 22.4 Å². The van der Waals surface area contributed by atoms with Crippen molar-refractivity contribution in [1.82, 2.24) is 4.57 Å². The maximum absolute atomic E-state index is 14.4. The Morgan fingerprint density at radius 2 is 2.00 bits per heavy atom. The molecule has 8 heteroatoms. The topological polar surface area (TPSA) is 77.8 Å². The fraction of sp³-hybridized carbons (Fsp3) is 0.238. The highest BCUT2D eigenvalue weighted by Gasteiger charge is 2.19. The average Bonchev–Trinajstić information content (AvgIpc) is 2.72. The van der Waals surface area contributed by atoms with E-state index in [1.54, 1.807) is 28.8 Å². The number of rotatable bonds is 6. The number of ether oxygens (including phenoxy) is 2. The van der Waals surface area contributed by atoms with Crippen LogP contribution in [0.2, 0.25) is 5.02 Å². The Kier molecular flexibility index (Phi) is 6.20. The van der Waals surface area contributed by atoms with Gasteiger partial charge in [0.25, 0.3) is 0 Å². The zero-order valence-corrected chi connectivity index (χ0v) is 16.6. The lowest BCUT2D eigenvalue weighted by Crippen LogP contribution is -2.21. The molecule has 2 aromatic carbocycles. The summed E-state index contributed by atoms with van der Waals surface area (Å²) >= 11 is 5.87. The number of aliphatic hydroxyl groups excluding tert-OH is 1. The number of methoxy groups -OCH3 is 2. The van der Waals surface area contributed by atoms with E-state index in [1.165, 1.54) is 26.5 Å². The maximum atomic E-state index is 14.4. The summed E-state index contributed by atoms with van der Waals surface area (Å²) in [6.07, 6.45) is 1.48. The van der Waals surface area contributed by atoms with Crippen molar-refractivity contribution in [3.63, 3.8) is 0 Å². The third-order valence-electron chi connectivity index (χ3n) is 4.64. The Labute approximate surface area is 171 Å². The first-order chi connectivity index (χ1) is 13.9. The van der Waals surface area contributed by atoms with E-state index in [1.807, 2.05) is 0 Å². The van der Waals surface area contributed by atoms with E-state index >= 15 is 0 Å². The number of carbonyl (C=O) groups excluding carboxylic acids is 1. The number of halogens is 2.